The lowest BCUT2D eigenvalue weighted by Crippen LogP contribution is -2.31. The van der Waals surface area contributed by atoms with Gasteiger partial charge in [0.15, 0.2) is 0 Å². The van der Waals surface area contributed by atoms with Crippen molar-refractivity contribution in [2.24, 2.45) is 5.92 Å². The molecule has 0 saturated heterocycles. The van der Waals surface area contributed by atoms with Crippen LogP contribution in [-0.2, 0) is 14.3 Å². The van der Waals surface area contributed by atoms with Gasteiger partial charge >= 0.3 is 12.1 Å². The Kier molecular flexibility index (Phi) is 8.02. The summed E-state index contributed by atoms with van der Waals surface area (Å²) < 4.78 is 5.52. The van der Waals surface area contributed by atoms with Crippen LogP contribution in [0.3, 0.4) is 0 Å². The molecule has 0 fully saturated rings. The highest BCUT2D eigenvalue weighted by molar-refractivity contribution is 5.80. The lowest BCUT2D eigenvalue weighted by Gasteiger charge is -2.16. The van der Waals surface area contributed by atoms with Crippen LogP contribution in [0, 0.1) is 5.92 Å². The molecular formula is C25H28N2O5. The Morgan fingerprint density at radius 2 is 1.66 bits per heavy atom. The molecule has 2 aromatic rings. The number of aliphatic carboxylic acids is 1. The van der Waals surface area contributed by atoms with E-state index in [1.807, 2.05) is 31.2 Å². The molecule has 0 heterocycles. The zero-order valence-electron chi connectivity index (χ0n) is 18.0. The number of carboxylic acids is 1. The number of ether oxygens (including phenoxy) is 1. The predicted octanol–water partition coefficient (Wildman–Crippen LogP) is 3.70. The number of benzene rings is 2. The Hall–Kier alpha value is -3.61. The monoisotopic (exact) mass is 436 g/mol. The fraction of sp³-hybridized carbons (Fsp3) is 0.320. The summed E-state index contributed by atoms with van der Waals surface area (Å²) in [6.07, 6.45) is 2.79. The van der Waals surface area contributed by atoms with Crippen molar-refractivity contribution in [1.82, 2.24) is 10.6 Å². The van der Waals surface area contributed by atoms with Gasteiger partial charge in [-0.15, -0.1) is 0 Å². The first-order chi connectivity index (χ1) is 15.5. The second kappa shape index (κ2) is 11.1. The zero-order chi connectivity index (χ0) is 22.9. The lowest BCUT2D eigenvalue weighted by molar-refractivity contribution is -0.131. The number of fused-ring (bicyclic) bond motifs is 3. The van der Waals surface area contributed by atoms with Gasteiger partial charge in [0.2, 0.25) is 5.91 Å². The van der Waals surface area contributed by atoms with Crippen molar-refractivity contribution in [2.75, 3.05) is 19.7 Å². The first-order valence-electron chi connectivity index (χ1n) is 10.7. The van der Waals surface area contributed by atoms with Crippen LogP contribution in [0.4, 0.5) is 4.79 Å². The van der Waals surface area contributed by atoms with E-state index in [0.717, 1.165) is 6.08 Å². The number of rotatable bonds is 10. The van der Waals surface area contributed by atoms with E-state index in [1.54, 1.807) is 0 Å². The maximum absolute atomic E-state index is 12.2. The summed E-state index contributed by atoms with van der Waals surface area (Å²) in [5, 5.41) is 13.9. The summed E-state index contributed by atoms with van der Waals surface area (Å²) >= 11 is 0. The molecule has 168 valence electrons. The number of carbonyl (C=O) groups is 3. The third-order valence-corrected chi connectivity index (χ3v) is 5.48. The molecule has 0 spiro atoms. The minimum Gasteiger partial charge on any atom is -0.478 e. The maximum Gasteiger partial charge on any atom is 0.407 e. The maximum atomic E-state index is 12.2. The van der Waals surface area contributed by atoms with E-state index >= 15 is 0 Å². The van der Waals surface area contributed by atoms with E-state index in [0.29, 0.717) is 19.4 Å². The molecule has 2 amide bonds. The molecule has 0 aromatic heterocycles. The third kappa shape index (κ3) is 6.20. The van der Waals surface area contributed by atoms with Crippen LogP contribution in [0.15, 0.2) is 60.7 Å². The second-order valence-electron chi connectivity index (χ2n) is 7.89. The molecule has 1 atom stereocenters. The Labute approximate surface area is 187 Å². The fourth-order valence-electron chi connectivity index (χ4n) is 3.81. The molecule has 7 heteroatoms. The summed E-state index contributed by atoms with van der Waals surface area (Å²) in [6.45, 7) is 2.79. The third-order valence-electron chi connectivity index (χ3n) is 5.48. The summed E-state index contributed by atoms with van der Waals surface area (Å²) in [6, 6.07) is 16.4. The normalized spacial score (nSPS) is 13.3. The second-order valence-corrected chi connectivity index (χ2v) is 7.89. The van der Waals surface area contributed by atoms with E-state index in [-0.39, 0.29) is 30.9 Å². The lowest BCUT2D eigenvalue weighted by atomic mass is 9.98. The molecule has 1 aliphatic rings. The van der Waals surface area contributed by atoms with Crippen LogP contribution in [0.1, 0.15) is 36.8 Å². The highest BCUT2D eigenvalue weighted by Crippen LogP contribution is 2.44. The van der Waals surface area contributed by atoms with Gasteiger partial charge in [-0.25, -0.2) is 9.59 Å². The van der Waals surface area contributed by atoms with Crippen LogP contribution >= 0.6 is 0 Å². The van der Waals surface area contributed by atoms with Crippen molar-refractivity contribution < 1.29 is 24.2 Å². The Morgan fingerprint density at radius 3 is 2.28 bits per heavy atom. The van der Waals surface area contributed by atoms with Crippen LogP contribution in [-0.4, -0.2) is 42.8 Å². The van der Waals surface area contributed by atoms with E-state index in [4.69, 9.17) is 9.84 Å². The molecule has 0 aliphatic heterocycles. The van der Waals surface area contributed by atoms with Gasteiger partial charge < -0.3 is 20.5 Å². The molecule has 3 N–H and O–H groups in total. The molecule has 7 nitrogen and oxygen atoms in total. The number of carbonyl (C=O) groups excluding carboxylic acids is 2. The Balaban J connectivity index is 1.39. The molecule has 1 unspecified atom stereocenters. The van der Waals surface area contributed by atoms with E-state index in [2.05, 4.69) is 34.9 Å². The van der Waals surface area contributed by atoms with Crippen molar-refractivity contribution in [3.63, 3.8) is 0 Å². The minimum atomic E-state index is -1.05. The molecule has 0 radical (unpaired) electrons. The SMILES string of the molecule is CC(CCC(=O)NC/C=C/C(=O)O)CNC(=O)OCC1c2ccccc2-c2ccccc21. The van der Waals surface area contributed by atoms with Crippen molar-refractivity contribution in [2.45, 2.75) is 25.7 Å². The smallest absolute Gasteiger partial charge is 0.407 e. The van der Waals surface area contributed by atoms with Crippen molar-refractivity contribution in [1.29, 1.82) is 0 Å². The summed E-state index contributed by atoms with van der Waals surface area (Å²) in [7, 11) is 0. The molecule has 3 rings (SSSR count). The first-order valence-corrected chi connectivity index (χ1v) is 10.7. The largest absolute Gasteiger partial charge is 0.478 e. The van der Waals surface area contributed by atoms with Gasteiger partial charge in [-0.1, -0.05) is 61.5 Å². The van der Waals surface area contributed by atoms with Crippen molar-refractivity contribution in [3.05, 3.63) is 71.8 Å². The first kappa shape index (κ1) is 23.1. The fourth-order valence-corrected chi connectivity index (χ4v) is 3.81. The molecule has 2 aromatic carbocycles. The topological polar surface area (TPSA) is 105 Å². The van der Waals surface area contributed by atoms with Gasteiger partial charge in [-0.2, -0.15) is 0 Å². The standard InChI is InChI=1S/C25H28N2O5/c1-17(12-13-23(28)26-14-6-11-24(29)30)15-27-25(31)32-16-22-20-9-4-2-7-18(20)19-8-3-5-10-21(19)22/h2-11,17,22H,12-16H2,1H3,(H,26,28)(H,27,31)(H,29,30)/b11-6+. The Morgan fingerprint density at radius 1 is 1.03 bits per heavy atom. The highest BCUT2D eigenvalue weighted by Gasteiger charge is 2.28. The van der Waals surface area contributed by atoms with Gasteiger partial charge in [-0.05, 0) is 34.6 Å². The van der Waals surface area contributed by atoms with Crippen LogP contribution < -0.4 is 10.6 Å². The van der Waals surface area contributed by atoms with E-state index < -0.39 is 12.1 Å². The predicted molar refractivity (Wildman–Crippen MR) is 121 cm³/mol. The van der Waals surface area contributed by atoms with Gasteiger partial charge in [0, 0.05) is 31.5 Å². The minimum absolute atomic E-state index is 0.0180. The average molecular weight is 437 g/mol. The average Bonchev–Trinajstić information content (AvgIpc) is 3.11. The number of alkyl carbamates (subject to hydrolysis) is 1. The summed E-state index contributed by atoms with van der Waals surface area (Å²) in [4.78, 5) is 34.4. The molecular weight excluding hydrogens is 408 g/mol. The highest BCUT2D eigenvalue weighted by atomic mass is 16.5. The summed E-state index contributed by atoms with van der Waals surface area (Å²) in [5.41, 5.74) is 4.70. The van der Waals surface area contributed by atoms with E-state index in [1.165, 1.54) is 28.3 Å². The quantitative estimate of drug-likeness (QED) is 0.493. The van der Waals surface area contributed by atoms with Gasteiger partial charge in [0.05, 0.1) is 0 Å². The van der Waals surface area contributed by atoms with Gasteiger partial charge in [-0.3, -0.25) is 4.79 Å². The van der Waals surface area contributed by atoms with E-state index in [9.17, 15) is 14.4 Å². The van der Waals surface area contributed by atoms with Crippen LogP contribution in [0.5, 0.6) is 0 Å². The number of hydrogen-bond donors (Lipinski definition) is 3. The van der Waals surface area contributed by atoms with Gasteiger partial charge in [0.25, 0.3) is 0 Å². The van der Waals surface area contributed by atoms with Gasteiger partial charge in [0.1, 0.15) is 6.61 Å². The van der Waals surface area contributed by atoms with Crippen LogP contribution in [0.2, 0.25) is 0 Å². The zero-order valence-corrected chi connectivity index (χ0v) is 18.0. The van der Waals surface area contributed by atoms with Crippen LogP contribution in [0.25, 0.3) is 11.1 Å². The number of carboxylic acid groups (broad SMARTS) is 1. The number of hydrogen-bond acceptors (Lipinski definition) is 4. The Bertz CT molecular complexity index is 956. The number of amides is 2. The molecule has 0 saturated carbocycles. The van der Waals surface area contributed by atoms with Crippen molar-refractivity contribution in [3.8, 4) is 11.1 Å². The molecule has 1 aliphatic carbocycles. The van der Waals surface area contributed by atoms with Crippen molar-refractivity contribution >= 4 is 18.0 Å². The molecule has 0 bridgehead atoms. The molecule has 32 heavy (non-hydrogen) atoms. The number of nitrogens with one attached hydrogen (secondary N) is 2. The summed E-state index contributed by atoms with van der Waals surface area (Å²) in [5.74, 6) is -1.10.